The van der Waals surface area contributed by atoms with Gasteiger partial charge in [-0.1, -0.05) is 23.2 Å². The molecule has 2 aromatic rings. The van der Waals surface area contributed by atoms with Crippen LogP contribution in [0.3, 0.4) is 0 Å². The van der Waals surface area contributed by atoms with Crippen molar-refractivity contribution in [1.82, 2.24) is 0 Å². The first kappa shape index (κ1) is 11.8. The molecule has 0 unspecified atom stereocenters. The van der Waals surface area contributed by atoms with E-state index in [1.54, 1.807) is 30.3 Å². The van der Waals surface area contributed by atoms with Crippen molar-refractivity contribution in [2.75, 3.05) is 0 Å². The van der Waals surface area contributed by atoms with Gasteiger partial charge in [0.1, 0.15) is 5.75 Å². The summed E-state index contributed by atoms with van der Waals surface area (Å²) in [5.41, 5.74) is 1.68. The highest BCUT2D eigenvalue weighted by Gasteiger charge is 2.07. The number of phenols is 1. The molecule has 4 heteroatoms. The minimum atomic E-state index is 0.0855. The lowest BCUT2D eigenvalue weighted by Gasteiger charge is -2.06. The largest absolute Gasteiger partial charge is 0.507 e. The van der Waals surface area contributed by atoms with Gasteiger partial charge in [-0.3, -0.25) is 0 Å². The minimum absolute atomic E-state index is 0.0855. The highest BCUT2D eigenvalue weighted by molar-refractivity contribution is 6.35. The van der Waals surface area contributed by atoms with Crippen LogP contribution < -0.4 is 0 Å². The molecule has 0 saturated heterocycles. The van der Waals surface area contributed by atoms with Crippen molar-refractivity contribution < 1.29 is 5.11 Å². The van der Waals surface area contributed by atoms with E-state index in [1.165, 1.54) is 6.07 Å². The van der Waals surface area contributed by atoms with Gasteiger partial charge in [0.05, 0.1) is 11.6 Å². The number of phenolic OH excluding ortho intramolecular Hbond substituents is 1. The molecule has 17 heavy (non-hydrogen) atoms. The predicted octanol–water partition coefficient (Wildman–Crippen LogP) is 4.24. The molecule has 0 saturated carbocycles. The first-order valence-electron chi connectivity index (χ1n) is 4.80. The smallest absolute Gasteiger partial charge is 0.123 e. The number of hydrogen-bond acceptors (Lipinski definition) is 2. The zero-order chi connectivity index (χ0) is 12.4. The number of hydrogen-bond donors (Lipinski definition) is 1. The molecule has 2 aromatic carbocycles. The summed E-state index contributed by atoms with van der Waals surface area (Å²) in [6.07, 6.45) is 0. The molecule has 2 rings (SSSR count). The third-order valence-electron chi connectivity index (χ3n) is 2.30. The van der Waals surface area contributed by atoms with Gasteiger partial charge < -0.3 is 5.11 Å². The van der Waals surface area contributed by atoms with Crippen LogP contribution in [0, 0.1) is 11.3 Å². The molecule has 1 N–H and O–H groups in total. The van der Waals surface area contributed by atoms with Crippen molar-refractivity contribution in [2.24, 2.45) is 0 Å². The van der Waals surface area contributed by atoms with Gasteiger partial charge in [-0.2, -0.15) is 5.26 Å². The van der Waals surface area contributed by atoms with Crippen LogP contribution >= 0.6 is 23.2 Å². The number of nitrogens with zero attached hydrogens (tertiary/aromatic N) is 1. The molecule has 0 spiro atoms. The van der Waals surface area contributed by atoms with Crippen LogP contribution in [0.1, 0.15) is 5.56 Å². The Hall–Kier alpha value is -1.69. The minimum Gasteiger partial charge on any atom is -0.507 e. The first-order chi connectivity index (χ1) is 8.10. The molecule has 2 nitrogen and oxygen atoms in total. The van der Waals surface area contributed by atoms with Crippen molar-refractivity contribution in [3.8, 4) is 22.9 Å². The number of halogens is 2. The standard InChI is InChI=1S/C13H7Cl2NO/c14-10-4-9(5-11(15)6-10)12-3-8(7-16)1-2-13(12)17/h1-6,17H. The van der Waals surface area contributed by atoms with E-state index >= 15 is 0 Å². The molecule has 0 bridgehead atoms. The summed E-state index contributed by atoms with van der Waals surface area (Å²) >= 11 is 11.8. The van der Waals surface area contributed by atoms with Gasteiger partial charge in [0.2, 0.25) is 0 Å². The zero-order valence-electron chi connectivity index (χ0n) is 8.61. The quantitative estimate of drug-likeness (QED) is 0.837. The summed E-state index contributed by atoms with van der Waals surface area (Å²) < 4.78 is 0. The first-order valence-corrected chi connectivity index (χ1v) is 5.55. The maximum Gasteiger partial charge on any atom is 0.123 e. The molecule has 0 fully saturated rings. The molecule has 0 aliphatic heterocycles. The van der Waals surface area contributed by atoms with E-state index in [-0.39, 0.29) is 5.75 Å². The van der Waals surface area contributed by atoms with Gasteiger partial charge in [-0.05, 0) is 42.0 Å². The van der Waals surface area contributed by atoms with Crippen LogP contribution in [0.25, 0.3) is 11.1 Å². The monoisotopic (exact) mass is 263 g/mol. The Bertz CT molecular complexity index is 597. The van der Waals surface area contributed by atoms with Gasteiger partial charge in [-0.25, -0.2) is 0 Å². The fourth-order valence-electron chi connectivity index (χ4n) is 1.55. The molecule has 0 aliphatic rings. The van der Waals surface area contributed by atoms with Crippen LogP contribution in [0.4, 0.5) is 0 Å². The Balaban J connectivity index is 2.63. The Kier molecular flexibility index (Phi) is 3.23. The average Bonchev–Trinajstić information content (AvgIpc) is 2.28. The Morgan fingerprint density at radius 3 is 2.24 bits per heavy atom. The van der Waals surface area contributed by atoms with Gasteiger partial charge >= 0.3 is 0 Å². The SMILES string of the molecule is N#Cc1ccc(O)c(-c2cc(Cl)cc(Cl)c2)c1. The molecule has 0 heterocycles. The highest BCUT2D eigenvalue weighted by Crippen LogP contribution is 2.33. The van der Waals surface area contributed by atoms with Crippen LogP contribution in [0.5, 0.6) is 5.75 Å². The predicted molar refractivity (Wildman–Crippen MR) is 68.3 cm³/mol. The van der Waals surface area contributed by atoms with Gasteiger partial charge in [-0.15, -0.1) is 0 Å². The fraction of sp³-hybridized carbons (Fsp3) is 0. The van der Waals surface area contributed by atoms with Crippen LogP contribution in [0.2, 0.25) is 10.0 Å². The molecular formula is C13H7Cl2NO. The van der Waals surface area contributed by atoms with Crippen molar-refractivity contribution in [2.45, 2.75) is 0 Å². The van der Waals surface area contributed by atoms with Crippen molar-refractivity contribution in [3.63, 3.8) is 0 Å². The van der Waals surface area contributed by atoms with Crippen LogP contribution in [-0.4, -0.2) is 5.11 Å². The number of benzene rings is 2. The van der Waals surface area contributed by atoms with Gasteiger partial charge in [0.15, 0.2) is 0 Å². The van der Waals surface area contributed by atoms with Gasteiger partial charge in [0.25, 0.3) is 0 Å². The zero-order valence-corrected chi connectivity index (χ0v) is 10.1. The van der Waals surface area contributed by atoms with E-state index in [9.17, 15) is 5.11 Å². The van der Waals surface area contributed by atoms with Crippen LogP contribution in [-0.2, 0) is 0 Å². The van der Waals surface area contributed by atoms with Crippen molar-refractivity contribution in [3.05, 3.63) is 52.0 Å². The fourth-order valence-corrected chi connectivity index (χ4v) is 2.07. The third kappa shape index (κ3) is 2.52. The van der Waals surface area contributed by atoms with E-state index in [4.69, 9.17) is 28.5 Å². The van der Waals surface area contributed by atoms with Crippen molar-refractivity contribution in [1.29, 1.82) is 5.26 Å². The summed E-state index contributed by atoms with van der Waals surface area (Å²) in [4.78, 5) is 0. The summed E-state index contributed by atoms with van der Waals surface area (Å²) in [5, 5.41) is 19.6. The van der Waals surface area contributed by atoms with Gasteiger partial charge in [0, 0.05) is 15.6 Å². The normalized spacial score (nSPS) is 9.94. The van der Waals surface area contributed by atoms with E-state index in [1.807, 2.05) is 6.07 Å². The molecule has 0 amide bonds. The summed E-state index contributed by atoms with van der Waals surface area (Å²) in [7, 11) is 0. The second kappa shape index (κ2) is 4.67. The molecule has 0 aliphatic carbocycles. The lowest BCUT2D eigenvalue weighted by molar-refractivity contribution is 0.477. The summed E-state index contributed by atoms with van der Waals surface area (Å²) in [6, 6.07) is 11.6. The Morgan fingerprint density at radius 2 is 1.65 bits per heavy atom. The van der Waals surface area contributed by atoms with Crippen LogP contribution in [0.15, 0.2) is 36.4 Å². The third-order valence-corrected chi connectivity index (χ3v) is 2.74. The maximum atomic E-state index is 9.77. The average molecular weight is 264 g/mol. The maximum absolute atomic E-state index is 9.77. The van der Waals surface area contributed by atoms with Crippen molar-refractivity contribution >= 4 is 23.2 Å². The van der Waals surface area contributed by atoms with E-state index < -0.39 is 0 Å². The molecule has 0 aromatic heterocycles. The molecule has 84 valence electrons. The van der Waals surface area contributed by atoms with E-state index in [0.717, 1.165) is 0 Å². The summed E-state index contributed by atoms with van der Waals surface area (Å²) in [5.74, 6) is 0.0855. The lowest BCUT2D eigenvalue weighted by atomic mass is 10.0. The number of nitriles is 1. The topological polar surface area (TPSA) is 44.0 Å². The second-order valence-electron chi connectivity index (χ2n) is 3.50. The van der Waals surface area contributed by atoms with E-state index in [0.29, 0.717) is 26.7 Å². The molecular weight excluding hydrogens is 257 g/mol. The lowest BCUT2D eigenvalue weighted by Crippen LogP contribution is -1.82. The molecule has 0 radical (unpaired) electrons. The number of rotatable bonds is 1. The Labute approximate surface area is 109 Å². The molecule has 0 atom stereocenters. The number of aromatic hydroxyl groups is 1. The Morgan fingerprint density at radius 1 is 1.00 bits per heavy atom. The summed E-state index contributed by atoms with van der Waals surface area (Å²) in [6.45, 7) is 0. The second-order valence-corrected chi connectivity index (χ2v) is 4.37. The van der Waals surface area contributed by atoms with E-state index in [2.05, 4.69) is 0 Å². The highest BCUT2D eigenvalue weighted by atomic mass is 35.5.